The van der Waals surface area contributed by atoms with E-state index in [0.717, 1.165) is 89.9 Å². The molecular weight excluding hydrogens is 743 g/mol. The first-order valence-corrected chi connectivity index (χ1v) is 25.5. The normalized spacial score (nSPS) is 13.8. The molecule has 0 aromatic carbocycles. The van der Waals surface area contributed by atoms with Gasteiger partial charge in [0.2, 0.25) is 5.91 Å². The van der Waals surface area contributed by atoms with Crippen LogP contribution in [-0.2, 0) is 14.3 Å². The van der Waals surface area contributed by atoms with Crippen LogP contribution in [0.4, 0.5) is 0 Å². The van der Waals surface area contributed by atoms with Crippen molar-refractivity contribution in [1.29, 1.82) is 0 Å². The maximum Gasteiger partial charge on any atom is 0.306 e. The smallest absolute Gasteiger partial charge is 0.306 e. The molecule has 0 heterocycles. The van der Waals surface area contributed by atoms with Gasteiger partial charge in [0.15, 0.2) is 0 Å². The highest BCUT2D eigenvalue weighted by atomic mass is 16.5. The van der Waals surface area contributed by atoms with Gasteiger partial charge >= 0.3 is 5.97 Å². The summed E-state index contributed by atoms with van der Waals surface area (Å²) in [6, 6.07) is -0.706. The van der Waals surface area contributed by atoms with Crippen molar-refractivity contribution in [3.63, 3.8) is 0 Å². The number of unbranched alkanes of at least 4 members (excludes halogenated alkanes) is 23. The van der Waals surface area contributed by atoms with Crippen LogP contribution in [0.25, 0.3) is 0 Å². The Bertz CT molecular complexity index is 1080. The van der Waals surface area contributed by atoms with Gasteiger partial charge in [-0.25, -0.2) is 0 Å². The molecule has 0 aromatic heterocycles. The number of rotatable bonds is 45. The van der Waals surface area contributed by atoms with Gasteiger partial charge in [0, 0.05) is 6.42 Å². The van der Waals surface area contributed by atoms with Crippen LogP contribution in [0.2, 0.25) is 0 Å². The first-order valence-electron chi connectivity index (χ1n) is 25.5. The highest BCUT2D eigenvalue weighted by Crippen LogP contribution is 2.18. The Morgan fingerprint density at radius 2 is 0.900 bits per heavy atom. The van der Waals surface area contributed by atoms with Crippen molar-refractivity contribution in [3.8, 4) is 0 Å². The summed E-state index contributed by atoms with van der Waals surface area (Å²) >= 11 is 0. The molecule has 0 saturated heterocycles. The number of ether oxygens (including phenoxy) is 1. The van der Waals surface area contributed by atoms with Crippen LogP contribution in [0.1, 0.15) is 245 Å². The zero-order valence-electron chi connectivity index (χ0n) is 39.6. The van der Waals surface area contributed by atoms with E-state index in [1.165, 1.54) is 109 Å². The molecule has 60 heavy (non-hydrogen) atoms. The van der Waals surface area contributed by atoms with E-state index >= 15 is 0 Å². The van der Waals surface area contributed by atoms with Gasteiger partial charge in [-0.2, -0.15) is 0 Å². The summed E-state index contributed by atoms with van der Waals surface area (Å²) in [6.07, 6.45) is 58.5. The van der Waals surface area contributed by atoms with Crippen molar-refractivity contribution in [1.82, 2.24) is 5.32 Å². The number of carbonyl (C=O) groups is 2. The monoisotopic (exact) mass is 840 g/mol. The van der Waals surface area contributed by atoms with E-state index in [4.69, 9.17) is 4.74 Å². The van der Waals surface area contributed by atoms with Crippen LogP contribution in [0.5, 0.6) is 0 Å². The highest BCUT2D eigenvalue weighted by Gasteiger charge is 2.24. The zero-order chi connectivity index (χ0) is 43.8. The van der Waals surface area contributed by atoms with E-state index in [-0.39, 0.29) is 24.9 Å². The average Bonchev–Trinajstić information content (AvgIpc) is 3.24. The van der Waals surface area contributed by atoms with Gasteiger partial charge < -0.3 is 20.3 Å². The molecule has 0 aliphatic rings. The van der Waals surface area contributed by atoms with Crippen molar-refractivity contribution in [3.05, 3.63) is 60.8 Å². The molecule has 0 aliphatic heterocycles. The summed E-state index contributed by atoms with van der Waals surface area (Å²) in [7, 11) is 0. The van der Waals surface area contributed by atoms with Crippen LogP contribution < -0.4 is 5.32 Å². The standard InChI is InChI=1S/C54H97NO5/c1-4-7-10-13-16-19-21-23-24-25-26-27-28-30-32-35-38-41-44-47-54(59)60-50(45-42-39-36-34-31-29-22-20-17-14-11-8-5-2)48-53(58)55-51(49-56)52(57)46-43-40-37-33-18-15-12-9-6-3/h7,10,16,19,23-24,26-27,30,32,50-52,56-57H,4-6,8-9,11-15,17-18,20-22,25,28-29,31,33-49H2,1-3H3,(H,55,58)/b10-7-,19-16-,24-23-,27-26-,32-30-. The summed E-state index contributed by atoms with van der Waals surface area (Å²) in [5.74, 6) is -0.508. The second-order valence-electron chi connectivity index (χ2n) is 17.2. The van der Waals surface area contributed by atoms with Gasteiger partial charge in [0.1, 0.15) is 6.10 Å². The first kappa shape index (κ1) is 57.6. The second-order valence-corrected chi connectivity index (χ2v) is 17.2. The summed E-state index contributed by atoms with van der Waals surface area (Å²) in [5.41, 5.74) is 0. The third-order valence-corrected chi connectivity index (χ3v) is 11.4. The largest absolute Gasteiger partial charge is 0.462 e. The van der Waals surface area contributed by atoms with Crippen LogP contribution in [0.15, 0.2) is 60.8 Å². The Morgan fingerprint density at radius 1 is 0.500 bits per heavy atom. The van der Waals surface area contributed by atoms with Gasteiger partial charge in [-0.3, -0.25) is 9.59 Å². The molecule has 1 amide bonds. The summed E-state index contributed by atoms with van der Waals surface area (Å²) in [6.45, 7) is 6.34. The fourth-order valence-electron chi connectivity index (χ4n) is 7.52. The van der Waals surface area contributed by atoms with E-state index < -0.39 is 18.2 Å². The molecule has 348 valence electrons. The lowest BCUT2D eigenvalue weighted by molar-refractivity contribution is -0.151. The number of esters is 1. The van der Waals surface area contributed by atoms with Crippen molar-refractivity contribution < 1.29 is 24.5 Å². The van der Waals surface area contributed by atoms with Crippen molar-refractivity contribution in [2.45, 2.75) is 264 Å². The molecule has 0 aliphatic carbocycles. The van der Waals surface area contributed by atoms with Gasteiger partial charge in [-0.05, 0) is 70.6 Å². The summed E-state index contributed by atoms with van der Waals surface area (Å²) in [5, 5.41) is 23.7. The third kappa shape index (κ3) is 42.3. The molecule has 6 heteroatoms. The molecule has 0 rings (SSSR count). The van der Waals surface area contributed by atoms with Crippen LogP contribution in [0, 0.1) is 0 Å². The molecule has 0 radical (unpaired) electrons. The molecule has 3 unspecified atom stereocenters. The molecule has 3 N–H and O–H groups in total. The number of carbonyl (C=O) groups excluding carboxylic acids is 2. The maximum absolute atomic E-state index is 13.2. The Labute approximate surface area is 371 Å². The van der Waals surface area contributed by atoms with Crippen LogP contribution >= 0.6 is 0 Å². The van der Waals surface area contributed by atoms with E-state index in [0.29, 0.717) is 19.3 Å². The zero-order valence-corrected chi connectivity index (χ0v) is 39.6. The highest BCUT2D eigenvalue weighted by molar-refractivity contribution is 5.77. The Kier molecular flexibility index (Phi) is 45.7. The minimum absolute atomic E-state index is 0.0648. The van der Waals surface area contributed by atoms with Crippen molar-refractivity contribution in [2.24, 2.45) is 0 Å². The molecule has 0 fully saturated rings. The Morgan fingerprint density at radius 3 is 1.35 bits per heavy atom. The number of hydrogen-bond donors (Lipinski definition) is 3. The summed E-state index contributed by atoms with van der Waals surface area (Å²) < 4.78 is 5.92. The summed E-state index contributed by atoms with van der Waals surface area (Å²) in [4.78, 5) is 26.1. The minimum Gasteiger partial charge on any atom is -0.462 e. The number of allylic oxidation sites excluding steroid dienone is 10. The van der Waals surface area contributed by atoms with Gasteiger partial charge in [-0.1, -0.05) is 223 Å². The van der Waals surface area contributed by atoms with E-state index in [2.05, 4.69) is 86.8 Å². The Balaban J connectivity index is 4.60. The van der Waals surface area contributed by atoms with Gasteiger partial charge in [0.05, 0.1) is 25.2 Å². The predicted octanol–water partition coefficient (Wildman–Crippen LogP) is 15.2. The number of aliphatic hydroxyl groups excluding tert-OH is 2. The van der Waals surface area contributed by atoms with Crippen molar-refractivity contribution >= 4 is 11.9 Å². The molecular formula is C54H97NO5. The SMILES string of the molecule is CC/C=C\C/C=C\C/C=C\C/C=C\C/C=C\CCCCCC(=O)OC(CCCCCCCCCCCCCCC)CC(=O)NC(CO)C(O)CCCCCCCCCCC. The average molecular weight is 840 g/mol. The van der Waals surface area contributed by atoms with Crippen LogP contribution in [-0.4, -0.2) is 46.9 Å². The minimum atomic E-state index is -0.792. The van der Waals surface area contributed by atoms with Gasteiger partial charge in [-0.15, -0.1) is 0 Å². The van der Waals surface area contributed by atoms with Crippen molar-refractivity contribution in [2.75, 3.05) is 6.61 Å². The number of hydrogen-bond acceptors (Lipinski definition) is 5. The molecule has 0 saturated carbocycles. The molecule has 3 atom stereocenters. The lowest BCUT2D eigenvalue weighted by Gasteiger charge is -2.24. The first-order chi connectivity index (χ1) is 29.5. The van der Waals surface area contributed by atoms with Gasteiger partial charge in [0.25, 0.3) is 0 Å². The number of amides is 1. The quantitative estimate of drug-likeness (QED) is 0.0322. The van der Waals surface area contributed by atoms with E-state index in [1.807, 2.05) is 0 Å². The van der Waals surface area contributed by atoms with Crippen LogP contribution in [0.3, 0.4) is 0 Å². The fourth-order valence-corrected chi connectivity index (χ4v) is 7.52. The topological polar surface area (TPSA) is 95.9 Å². The Hall–Kier alpha value is -2.44. The number of nitrogens with one attached hydrogen (secondary N) is 1. The number of aliphatic hydroxyl groups is 2. The van der Waals surface area contributed by atoms with E-state index in [1.54, 1.807) is 0 Å². The maximum atomic E-state index is 13.2. The molecule has 0 aromatic rings. The third-order valence-electron chi connectivity index (χ3n) is 11.4. The lowest BCUT2D eigenvalue weighted by atomic mass is 10.0. The fraction of sp³-hybridized carbons (Fsp3) is 0.778. The molecule has 0 bridgehead atoms. The molecule has 6 nitrogen and oxygen atoms in total. The second kappa shape index (κ2) is 47.6. The predicted molar refractivity (Wildman–Crippen MR) is 259 cm³/mol. The lowest BCUT2D eigenvalue weighted by Crippen LogP contribution is -2.46. The molecule has 0 spiro atoms. The van der Waals surface area contributed by atoms with E-state index in [9.17, 15) is 19.8 Å².